The van der Waals surface area contributed by atoms with Crippen molar-refractivity contribution in [2.75, 3.05) is 5.32 Å². The molecule has 6 heteroatoms. The summed E-state index contributed by atoms with van der Waals surface area (Å²) in [5.74, 6) is -2.15. The summed E-state index contributed by atoms with van der Waals surface area (Å²) in [6.07, 6.45) is 0. The molecule has 0 aliphatic heterocycles. The molecular formula is C17H17ClF2N2O. The molecule has 2 rings (SSSR count). The lowest BCUT2D eigenvalue weighted by Gasteiger charge is -2.20. The number of nitrogens with one attached hydrogen (secondary N) is 2. The van der Waals surface area contributed by atoms with E-state index in [0.717, 1.165) is 17.7 Å². The van der Waals surface area contributed by atoms with Crippen LogP contribution in [-0.4, -0.2) is 11.9 Å². The van der Waals surface area contributed by atoms with Crippen LogP contribution in [0.5, 0.6) is 0 Å². The Kier molecular flexibility index (Phi) is 5.69. The zero-order chi connectivity index (χ0) is 17.0. The minimum Gasteiger partial charge on any atom is -0.320 e. The Morgan fingerprint density at radius 2 is 1.70 bits per heavy atom. The molecule has 2 aromatic rings. The predicted molar refractivity (Wildman–Crippen MR) is 87.5 cm³/mol. The molecule has 0 aliphatic carbocycles. The van der Waals surface area contributed by atoms with Crippen LogP contribution in [0.4, 0.5) is 14.5 Å². The summed E-state index contributed by atoms with van der Waals surface area (Å²) in [6.45, 7) is 3.49. The van der Waals surface area contributed by atoms with Crippen LogP contribution in [0.3, 0.4) is 0 Å². The lowest BCUT2D eigenvalue weighted by atomic mass is 10.1. The number of amides is 1. The third-order valence-electron chi connectivity index (χ3n) is 3.45. The Balaban J connectivity index is 2.03. The van der Waals surface area contributed by atoms with Crippen LogP contribution in [-0.2, 0) is 4.79 Å². The van der Waals surface area contributed by atoms with Gasteiger partial charge >= 0.3 is 0 Å². The minimum atomic E-state index is -0.812. The van der Waals surface area contributed by atoms with Crippen LogP contribution < -0.4 is 10.6 Å². The van der Waals surface area contributed by atoms with Crippen molar-refractivity contribution in [3.05, 3.63) is 64.7 Å². The van der Waals surface area contributed by atoms with Gasteiger partial charge in [0.05, 0.1) is 6.04 Å². The first-order valence-corrected chi connectivity index (χ1v) is 7.52. The molecular weight excluding hydrogens is 322 g/mol. The average Bonchev–Trinajstić information content (AvgIpc) is 2.50. The molecule has 23 heavy (non-hydrogen) atoms. The van der Waals surface area contributed by atoms with Gasteiger partial charge in [-0.25, -0.2) is 8.78 Å². The van der Waals surface area contributed by atoms with E-state index >= 15 is 0 Å². The van der Waals surface area contributed by atoms with Gasteiger partial charge in [-0.2, -0.15) is 0 Å². The fraction of sp³-hybridized carbons (Fsp3) is 0.235. The fourth-order valence-electron chi connectivity index (χ4n) is 2.17. The Bertz CT molecular complexity index is 688. The number of carbonyl (C=O) groups excluding carboxylic acids is 1. The summed E-state index contributed by atoms with van der Waals surface area (Å²) >= 11 is 5.94. The molecule has 2 N–H and O–H groups in total. The number of benzene rings is 2. The first-order chi connectivity index (χ1) is 10.9. The second-order valence-corrected chi connectivity index (χ2v) is 5.69. The van der Waals surface area contributed by atoms with Gasteiger partial charge in [-0.1, -0.05) is 29.8 Å². The molecule has 0 saturated carbocycles. The molecule has 0 radical (unpaired) electrons. The highest BCUT2D eigenvalue weighted by atomic mass is 35.5. The number of para-hydroxylation sites is 1. The van der Waals surface area contributed by atoms with E-state index in [-0.39, 0.29) is 6.04 Å². The Labute approximate surface area is 138 Å². The lowest BCUT2D eigenvalue weighted by molar-refractivity contribution is -0.118. The van der Waals surface area contributed by atoms with Crippen LogP contribution in [0.15, 0.2) is 42.5 Å². The van der Waals surface area contributed by atoms with Gasteiger partial charge in [0.1, 0.15) is 17.3 Å². The summed E-state index contributed by atoms with van der Waals surface area (Å²) < 4.78 is 27.1. The Hall–Kier alpha value is -1.98. The van der Waals surface area contributed by atoms with Gasteiger partial charge in [0.2, 0.25) is 5.91 Å². The van der Waals surface area contributed by atoms with Gasteiger partial charge in [0.25, 0.3) is 0 Å². The summed E-state index contributed by atoms with van der Waals surface area (Å²) in [6, 6.07) is 9.86. The number of hydrogen-bond acceptors (Lipinski definition) is 2. The van der Waals surface area contributed by atoms with Gasteiger partial charge in [0, 0.05) is 11.1 Å². The SMILES string of the molecule is CC(NC(C)c1cccc(Cl)c1)C(=O)Nc1c(F)cccc1F. The zero-order valence-corrected chi connectivity index (χ0v) is 13.5. The maximum absolute atomic E-state index is 13.6. The topological polar surface area (TPSA) is 41.1 Å². The van der Waals surface area contributed by atoms with Crippen molar-refractivity contribution in [2.24, 2.45) is 0 Å². The second kappa shape index (κ2) is 7.53. The molecule has 122 valence electrons. The van der Waals surface area contributed by atoms with Crippen molar-refractivity contribution in [2.45, 2.75) is 25.9 Å². The van der Waals surface area contributed by atoms with Gasteiger partial charge in [-0.3, -0.25) is 10.1 Å². The van der Waals surface area contributed by atoms with Gasteiger partial charge in [-0.05, 0) is 43.7 Å². The molecule has 0 spiro atoms. The van der Waals surface area contributed by atoms with Crippen molar-refractivity contribution >= 4 is 23.2 Å². The van der Waals surface area contributed by atoms with Gasteiger partial charge in [-0.15, -0.1) is 0 Å². The van der Waals surface area contributed by atoms with E-state index in [1.807, 2.05) is 19.1 Å². The zero-order valence-electron chi connectivity index (χ0n) is 12.7. The predicted octanol–water partition coefficient (Wildman–Crippen LogP) is 4.30. The van der Waals surface area contributed by atoms with Crippen LogP contribution in [0.25, 0.3) is 0 Å². The first-order valence-electron chi connectivity index (χ1n) is 7.15. The molecule has 0 aromatic heterocycles. The molecule has 3 nitrogen and oxygen atoms in total. The van der Waals surface area contributed by atoms with Crippen molar-refractivity contribution in [3.8, 4) is 0 Å². The van der Waals surface area contributed by atoms with E-state index in [4.69, 9.17) is 11.6 Å². The molecule has 2 aromatic carbocycles. The molecule has 0 bridgehead atoms. The van der Waals surface area contributed by atoms with Crippen molar-refractivity contribution < 1.29 is 13.6 Å². The highest BCUT2D eigenvalue weighted by Gasteiger charge is 2.19. The van der Waals surface area contributed by atoms with E-state index in [2.05, 4.69) is 10.6 Å². The average molecular weight is 339 g/mol. The molecule has 0 aliphatic rings. The van der Waals surface area contributed by atoms with E-state index in [0.29, 0.717) is 5.02 Å². The summed E-state index contributed by atoms with van der Waals surface area (Å²) in [7, 11) is 0. The third kappa shape index (κ3) is 4.50. The number of carbonyl (C=O) groups is 1. The lowest BCUT2D eigenvalue weighted by Crippen LogP contribution is -2.39. The highest BCUT2D eigenvalue weighted by molar-refractivity contribution is 6.30. The first kappa shape index (κ1) is 17.4. The van der Waals surface area contributed by atoms with E-state index in [1.165, 1.54) is 6.07 Å². The number of anilines is 1. The second-order valence-electron chi connectivity index (χ2n) is 5.25. The van der Waals surface area contributed by atoms with Crippen LogP contribution in [0.2, 0.25) is 5.02 Å². The largest absolute Gasteiger partial charge is 0.320 e. The quantitative estimate of drug-likeness (QED) is 0.853. The van der Waals surface area contributed by atoms with Gasteiger partial charge < -0.3 is 5.32 Å². The third-order valence-corrected chi connectivity index (χ3v) is 3.69. The molecule has 0 saturated heterocycles. The molecule has 0 heterocycles. The number of hydrogen-bond donors (Lipinski definition) is 2. The Morgan fingerprint density at radius 3 is 2.30 bits per heavy atom. The maximum atomic E-state index is 13.6. The molecule has 2 unspecified atom stereocenters. The molecule has 1 amide bonds. The smallest absolute Gasteiger partial charge is 0.241 e. The molecule has 0 fully saturated rings. The van der Waals surface area contributed by atoms with Crippen molar-refractivity contribution in [3.63, 3.8) is 0 Å². The molecule has 2 atom stereocenters. The van der Waals surface area contributed by atoms with Crippen LogP contribution in [0, 0.1) is 11.6 Å². The number of rotatable bonds is 5. The summed E-state index contributed by atoms with van der Waals surface area (Å²) in [5.41, 5.74) is 0.468. The number of halogens is 3. The van der Waals surface area contributed by atoms with E-state index in [9.17, 15) is 13.6 Å². The van der Waals surface area contributed by atoms with Gasteiger partial charge in [0.15, 0.2) is 0 Å². The minimum absolute atomic E-state index is 0.153. The van der Waals surface area contributed by atoms with Crippen molar-refractivity contribution in [1.82, 2.24) is 5.32 Å². The van der Waals surface area contributed by atoms with E-state index in [1.54, 1.807) is 19.1 Å². The Morgan fingerprint density at radius 1 is 1.09 bits per heavy atom. The normalized spacial score (nSPS) is 13.4. The standard InChI is InChI=1S/C17H17ClF2N2O/c1-10(12-5-3-6-13(18)9-12)21-11(2)17(23)22-16-14(19)7-4-8-15(16)20/h3-11,21H,1-2H3,(H,22,23). The monoisotopic (exact) mass is 338 g/mol. The summed E-state index contributed by atoms with van der Waals surface area (Å²) in [5, 5.41) is 5.93. The van der Waals surface area contributed by atoms with Crippen LogP contribution in [0.1, 0.15) is 25.5 Å². The van der Waals surface area contributed by atoms with E-state index < -0.39 is 29.3 Å². The van der Waals surface area contributed by atoms with Crippen LogP contribution >= 0.6 is 11.6 Å². The van der Waals surface area contributed by atoms with Crippen molar-refractivity contribution in [1.29, 1.82) is 0 Å². The fourth-order valence-corrected chi connectivity index (χ4v) is 2.37. The summed E-state index contributed by atoms with van der Waals surface area (Å²) in [4.78, 5) is 12.1. The highest BCUT2D eigenvalue weighted by Crippen LogP contribution is 2.20. The maximum Gasteiger partial charge on any atom is 0.241 e.